The average molecular weight is 200 g/mol. The second-order valence-corrected chi connectivity index (χ2v) is 2.50. The van der Waals surface area contributed by atoms with Crippen molar-refractivity contribution in [2.45, 2.75) is 6.92 Å². The highest BCUT2D eigenvalue weighted by Gasteiger charge is 2.04. The largest absolute Gasteiger partial charge is 0.465 e. The van der Waals surface area contributed by atoms with Crippen LogP contribution in [-0.4, -0.2) is 38.1 Å². The Hall–Kier alpha value is -1.36. The van der Waals surface area contributed by atoms with Gasteiger partial charge in [0.25, 0.3) is 0 Å². The lowest BCUT2D eigenvalue weighted by Gasteiger charge is -2.04. The van der Waals surface area contributed by atoms with Gasteiger partial charge in [0.15, 0.2) is 0 Å². The Morgan fingerprint density at radius 3 is 2.71 bits per heavy atom. The summed E-state index contributed by atoms with van der Waals surface area (Å²) in [6.45, 7) is 6.18. The molecule has 0 aliphatic carbocycles. The summed E-state index contributed by atoms with van der Waals surface area (Å²) in [4.78, 5) is 21.8. The molecule has 5 heteroatoms. The van der Waals surface area contributed by atoms with E-state index in [2.05, 4.69) is 21.9 Å². The van der Waals surface area contributed by atoms with E-state index in [0.717, 1.165) is 0 Å². The lowest BCUT2D eigenvalue weighted by Crippen LogP contribution is -2.37. The lowest BCUT2D eigenvalue weighted by molar-refractivity contribution is -0.143. The topological polar surface area (TPSA) is 67.4 Å². The second kappa shape index (κ2) is 8.25. The molecule has 0 atom stereocenters. The zero-order valence-corrected chi connectivity index (χ0v) is 8.34. The van der Waals surface area contributed by atoms with E-state index >= 15 is 0 Å². The van der Waals surface area contributed by atoms with Gasteiger partial charge in [0, 0.05) is 6.54 Å². The van der Waals surface area contributed by atoms with E-state index in [1.54, 1.807) is 13.0 Å². The summed E-state index contributed by atoms with van der Waals surface area (Å²) in [6, 6.07) is 0. The average Bonchev–Trinajstić information content (AvgIpc) is 2.16. The minimum absolute atomic E-state index is 0.0809. The summed E-state index contributed by atoms with van der Waals surface area (Å²) in [7, 11) is 0. The van der Waals surface area contributed by atoms with Gasteiger partial charge in [0.05, 0.1) is 13.2 Å². The molecule has 5 nitrogen and oxygen atoms in total. The Balaban J connectivity index is 3.43. The maximum Gasteiger partial charge on any atom is 0.325 e. The van der Waals surface area contributed by atoms with Crippen molar-refractivity contribution in [3.63, 3.8) is 0 Å². The van der Waals surface area contributed by atoms with Gasteiger partial charge in [-0.05, 0) is 6.92 Å². The molecule has 0 bridgehead atoms. The number of carbonyl (C=O) groups is 2. The van der Waals surface area contributed by atoms with E-state index in [1.807, 2.05) is 0 Å². The Morgan fingerprint density at radius 1 is 1.43 bits per heavy atom. The van der Waals surface area contributed by atoms with Gasteiger partial charge in [-0.15, -0.1) is 6.58 Å². The first kappa shape index (κ1) is 12.6. The van der Waals surface area contributed by atoms with E-state index in [-0.39, 0.29) is 19.0 Å². The molecule has 0 aliphatic heterocycles. The lowest BCUT2D eigenvalue weighted by atomic mass is 10.5. The van der Waals surface area contributed by atoms with Crippen molar-refractivity contribution in [3.8, 4) is 0 Å². The fourth-order valence-corrected chi connectivity index (χ4v) is 0.733. The van der Waals surface area contributed by atoms with Crippen molar-refractivity contribution in [3.05, 3.63) is 12.7 Å². The molecule has 2 N–H and O–H groups in total. The third-order valence-electron chi connectivity index (χ3n) is 1.31. The Bertz CT molecular complexity index is 204. The molecule has 0 aromatic heterocycles. The van der Waals surface area contributed by atoms with Crippen LogP contribution < -0.4 is 10.6 Å². The Morgan fingerprint density at radius 2 is 2.14 bits per heavy atom. The van der Waals surface area contributed by atoms with Crippen LogP contribution in [0.3, 0.4) is 0 Å². The van der Waals surface area contributed by atoms with Crippen LogP contribution in [0.2, 0.25) is 0 Å². The molecule has 0 fully saturated rings. The highest BCUT2D eigenvalue weighted by Crippen LogP contribution is 1.75. The smallest absolute Gasteiger partial charge is 0.325 e. The van der Waals surface area contributed by atoms with Gasteiger partial charge < -0.3 is 15.4 Å². The number of ether oxygens (including phenoxy) is 1. The molecule has 0 rings (SSSR count). The molecule has 0 spiro atoms. The fraction of sp³-hybridized carbons (Fsp3) is 0.556. The van der Waals surface area contributed by atoms with Crippen LogP contribution >= 0.6 is 0 Å². The number of hydrogen-bond donors (Lipinski definition) is 2. The maximum atomic E-state index is 11.0. The van der Waals surface area contributed by atoms with Gasteiger partial charge in [-0.25, -0.2) is 0 Å². The second-order valence-electron chi connectivity index (χ2n) is 2.50. The number of nitrogens with one attached hydrogen (secondary N) is 2. The number of rotatable bonds is 7. The fourth-order valence-electron chi connectivity index (χ4n) is 0.733. The van der Waals surface area contributed by atoms with E-state index in [0.29, 0.717) is 13.2 Å². The number of esters is 1. The third kappa shape index (κ3) is 7.30. The van der Waals surface area contributed by atoms with Crippen molar-refractivity contribution in [1.29, 1.82) is 0 Å². The molecular formula is C9H16N2O3. The molecule has 0 saturated heterocycles. The number of amides is 1. The summed E-state index contributed by atoms with van der Waals surface area (Å²) in [5.41, 5.74) is 0. The summed E-state index contributed by atoms with van der Waals surface area (Å²) in [6.07, 6.45) is 1.65. The van der Waals surface area contributed by atoms with E-state index < -0.39 is 5.97 Å². The first-order chi connectivity index (χ1) is 6.70. The standard InChI is InChI=1S/C9H16N2O3/c1-3-5-10-6-8(12)11-7-9(13)14-4-2/h3,10H,1,4-7H2,2H3,(H,11,12). The van der Waals surface area contributed by atoms with E-state index in [9.17, 15) is 9.59 Å². The summed E-state index contributed by atoms with van der Waals surface area (Å²) >= 11 is 0. The molecule has 0 aliphatic rings. The van der Waals surface area contributed by atoms with Crippen molar-refractivity contribution in [2.24, 2.45) is 0 Å². The molecule has 1 amide bonds. The zero-order valence-electron chi connectivity index (χ0n) is 8.34. The zero-order chi connectivity index (χ0) is 10.8. The monoisotopic (exact) mass is 200 g/mol. The van der Waals surface area contributed by atoms with Crippen molar-refractivity contribution in [1.82, 2.24) is 10.6 Å². The molecule has 0 aromatic rings. The van der Waals surface area contributed by atoms with Crippen LogP contribution in [0.15, 0.2) is 12.7 Å². The van der Waals surface area contributed by atoms with Crippen LogP contribution in [0.1, 0.15) is 6.92 Å². The van der Waals surface area contributed by atoms with Crippen LogP contribution in [0.5, 0.6) is 0 Å². The summed E-state index contributed by atoms with van der Waals surface area (Å²) in [5, 5.41) is 5.22. The van der Waals surface area contributed by atoms with Crippen LogP contribution in [0, 0.1) is 0 Å². The van der Waals surface area contributed by atoms with E-state index in [1.165, 1.54) is 0 Å². The number of carbonyl (C=O) groups excluding carboxylic acids is 2. The molecule has 14 heavy (non-hydrogen) atoms. The molecular weight excluding hydrogens is 184 g/mol. The van der Waals surface area contributed by atoms with Crippen LogP contribution in [0.25, 0.3) is 0 Å². The first-order valence-electron chi connectivity index (χ1n) is 4.44. The van der Waals surface area contributed by atoms with Crippen LogP contribution in [0.4, 0.5) is 0 Å². The van der Waals surface area contributed by atoms with Crippen molar-refractivity contribution < 1.29 is 14.3 Å². The predicted octanol–water partition coefficient (Wildman–Crippen LogP) is -0.559. The van der Waals surface area contributed by atoms with Crippen molar-refractivity contribution >= 4 is 11.9 Å². The molecule has 0 radical (unpaired) electrons. The van der Waals surface area contributed by atoms with Gasteiger partial charge in [0.2, 0.25) is 5.91 Å². The molecule has 0 heterocycles. The van der Waals surface area contributed by atoms with Gasteiger partial charge in [-0.2, -0.15) is 0 Å². The minimum atomic E-state index is -0.426. The SMILES string of the molecule is C=CCNCC(=O)NCC(=O)OCC. The van der Waals surface area contributed by atoms with Crippen molar-refractivity contribution in [2.75, 3.05) is 26.2 Å². The normalized spacial score (nSPS) is 9.21. The highest BCUT2D eigenvalue weighted by molar-refractivity contribution is 5.83. The van der Waals surface area contributed by atoms with Gasteiger partial charge in [0.1, 0.15) is 6.54 Å². The van der Waals surface area contributed by atoms with Gasteiger partial charge in [-0.3, -0.25) is 9.59 Å². The molecule has 0 aromatic carbocycles. The molecule has 0 saturated carbocycles. The van der Waals surface area contributed by atoms with Gasteiger partial charge >= 0.3 is 5.97 Å². The number of hydrogen-bond acceptors (Lipinski definition) is 4. The molecule has 0 unspecified atom stereocenters. The van der Waals surface area contributed by atoms with E-state index in [4.69, 9.17) is 0 Å². The highest BCUT2D eigenvalue weighted by atomic mass is 16.5. The Kier molecular flexibility index (Phi) is 7.45. The Labute approximate surface area is 83.5 Å². The quantitative estimate of drug-likeness (QED) is 0.328. The predicted molar refractivity (Wildman–Crippen MR) is 52.7 cm³/mol. The summed E-state index contributed by atoms with van der Waals surface area (Å²) in [5.74, 6) is -0.663. The first-order valence-corrected chi connectivity index (χ1v) is 4.44. The van der Waals surface area contributed by atoms with Gasteiger partial charge in [-0.1, -0.05) is 6.08 Å². The summed E-state index contributed by atoms with van der Waals surface area (Å²) < 4.78 is 4.63. The maximum absolute atomic E-state index is 11.0. The minimum Gasteiger partial charge on any atom is -0.465 e. The molecule has 80 valence electrons. The third-order valence-corrected chi connectivity index (χ3v) is 1.31. The van der Waals surface area contributed by atoms with Crippen LogP contribution in [-0.2, 0) is 14.3 Å².